The van der Waals surface area contributed by atoms with Crippen LogP contribution in [0.15, 0.2) is 18.3 Å². The van der Waals surface area contributed by atoms with Gasteiger partial charge in [-0.1, -0.05) is 20.8 Å². The highest BCUT2D eigenvalue weighted by Crippen LogP contribution is 2.29. The van der Waals surface area contributed by atoms with Crippen LogP contribution in [0.5, 0.6) is 0 Å². The third kappa shape index (κ3) is 3.55. The normalized spacial score (nSPS) is 19.0. The van der Waals surface area contributed by atoms with Crippen LogP contribution in [0.4, 0.5) is 0 Å². The van der Waals surface area contributed by atoms with Crippen LogP contribution in [0, 0.1) is 0 Å². The highest BCUT2D eigenvalue weighted by Gasteiger charge is 2.27. The molecular formula is C21H29N7O. The van der Waals surface area contributed by atoms with Gasteiger partial charge >= 0.3 is 0 Å². The molecule has 0 aliphatic carbocycles. The molecule has 0 aromatic carbocycles. The lowest BCUT2D eigenvalue weighted by Gasteiger charge is -2.31. The fourth-order valence-corrected chi connectivity index (χ4v) is 4.31. The van der Waals surface area contributed by atoms with Crippen molar-refractivity contribution in [3.63, 3.8) is 0 Å². The number of piperidine rings is 1. The monoisotopic (exact) mass is 395 g/mol. The second-order valence-electron chi connectivity index (χ2n) is 9.24. The molecule has 0 radical (unpaired) electrons. The maximum Gasteiger partial charge on any atom is 0.177 e. The summed E-state index contributed by atoms with van der Waals surface area (Å²) in [5, 5.41) is 18.2. The van der Waals surface area contributed by atoms with Crippen LogP contribution in [0.3, 0.4) is 0 Å². The molecule has 154 valence electrons. The van der Waals surface area contributed by atoms with E-state index in [0.29, 0.717) is 12.5 Å². The molecule has 0 N–H and O–H groups in total. The van der Waals surface area contributed by atoms with Gasteiger partial charge in [0.05, 0.1) is 37.3 Å². The van der Waals surface area contributed by atoms with E-state index in [9.17, 15) is 0 Å². The van der Waals surface area contributed by atoms with Crippen molar-refractivity contribution < 1.29 is 4.74 Å². The largest absolute Gasteiger partial charge is 0.373 e. The first-order valence-corrected chi connectivity index (χ1v) is 10.6. The molecule has 1 saturated heterocycles. The Morgan fingerprint density at radius 2 is 1.93 bits per heavy atom. The Morgan fingerprint density at radius 1 is 1.10 bits per heavy atom. The van der Waals surface area contributed by atoms with E-state index in [1.54, 1.807) is 0 Å². The summed E-state index contributed by atoms with van der Waals surface area (Å²) in [7, 11) is 0. The molecule has 8 nitrogen and oxygen atoms in total. The highest BCUT2D eigenvalue weighted by molar-refractivity contribution is 5.38. The molecule has 0 atom stereocenters. The number of hydrogen-bond acceptors (Lipinski definition) is 6. The van der Waals surface area contributed by atoms with Gasteiger partial charge in [0.1, 0.15) is 0 Å². The zero-order valence-electron chi connectivity index (χ0n) is 17.5. The molecule has 0 saturated carbocycles. The Morgan fingerprint density at radius 3 is 2.72 bits per heavy atom. The lowest BCUT2D eigenvalue weighted by Crippen LogP contribution is -2.33. The molecule has 3 aromatic rings. The van der Waals surface area contributed by atoms with Gasteiger partial charge in [-0.25, -0.2) is 0 Å². The summed E-state index contributed by atoms with van der Waals surface area (Å²) >= 11 is 0. The van der Waals surface area contributed by atoms with E-state index >= 15 is 0 Å². The Labute approximate surface area is 170 Å². The number of rotatable bonds is 3. The average Bonchev–Trinajstić information content (AvgIpc) is 3.32. The summed E-state index contributed by atoms with van der Waals surface area (Å²) in [5.74, 6) is 1.40. The fraction of sp³-hybridized carbons (Fsp3) is 0.619. The third-order valence-electron chi connectivity index (χ3n) is 6.12. The van der Waals surface area contributed by atoms with Crippen LogP contribution in [0.25, 0.3) is 5.65 Å². The fourth-order valence-electron chi connectivity index (χ4n) is 4.31. The molecule has 5 heterocycles. The predicted molar refractivity (Wildman–Crippen MR) is 109 cm³/mol. The van der Waals surface area contributed by atoms with Crippen molar-refractivity contribution in [2.24, 2.45) is 0 Å². The van der Waals surface area contributed by atoms with Gasteiger partial charge in [-0.05, 0) is 38.1 Å². The number of hydrogen-bond donors (Lipinski definition) is 0. The van der Waals surface area contributed by atoms with Crippen molar-refractivity contribution in [3.8, 4) is 0 Å². The summed E-state index contributed by atoms with van der Waals surface area (Å²) in [6, 6.07) is 4.09. The first-order valence-electron chi connectivity index (χ1n) is 10.6. The number of nitrogens with zero attached hydrogens (tertiary/aromatic N) is 7. The molecule has 2 aliphatic heterocycles. The summed E-state index contributed by atoms with van der Waals surface area (Å²) in [6.07, 6.45) is 4.16. The summed E-state index contributed by atoms with van der Waals surface area (Å²) in [5.41, 5.74) is 4.44. The minimum absolute atomic E-state index is 0.00748. The molecule has 0 unspecified atom stereocenters. The lowest BCUT2D eigenvalue weighted by atomic mass is 9.92. The van der Waals surface area contributed by atoms with Gasteiger partial charge < -0.3 is 4.74 Å². The molecule has 2 aliphatic rings. The molecule has 1 fully saturated rings. The van der Waals surface area contributed by atoms with Crippen molar-refractivity contribution in [2.75, 3.05) is 19.7 Å². The maximum atomic E-state index is 5.62. The molecule has 0 amide bonds. The van der Waals surface area contributed by atoms with Gasteiger partial charge in [-0.2, -0.15) is 14.7 Å². The van der Waals surface area contributed by atoms with E-state index in [2.05, 4.69) is 51.7 Å². The molecule has 0 spiro atoms. The van der Waals surface area contributed by atoms with Crippen LogP contribution >= 0.6 is 0 Å². The van der Waals surface area contributed by atoms with Gasteiger partial charge in [-0.3, -0.25) is 9.58 Å². The standard InChI is InChI=1S/C21H29N7O/c1-21(2,3)18-4-5-19-23-24-20(28(19)25-18)15-6-8-26(9-7-15)13-16-12-22-27-10-11-29-14-17(16)27/h4-5,12,15H,6-11,13-14H2,1-3H3. The summed E-state index contributed by atoms with van der Waals surface area (Å²) in [6.45, 7) is 11.9. The van der Waals surface area contributed by atoms with E-state index in [-0.39, 0.29) is 5.41 Å². The number of ether oxygens (including phenoxy) is 1. The second-order valence-corrected chi connectivity index (χ2v) is 9.24. The molecular weight excluding hydrogens is 366 g/mol. The van der Waals surface area contributed by atoms with Crippen molar-refractivity contribution in [1.82, 2.24) is 34.5 Å². The van der Waals surface area contributed by atoms with Crippen LogP contribution in [-0.2, 0) is 29.8 Å². The second kappa shape index (κ2) is 7.18. The minimum Gasteiger partial charge on any atom is -0.373 e. The van der Waals surface area contributed by atoms with Crippen molar-refractivity contribution in [3.05, 3.63) is 41.1 Å². The minimum atomic E-state index is 0.00748. The Balaban J connectivity index is 1.29. The van der Waals surface area contributed by atoms with Crippen molar-refractivity contribution in [2.45, 2.75) is 64.6 Å². The first-order chi connectivity index (χ1) is 14.0. The van der Waals surface area contributed by atoms with Crippen LogP contribution < -0.4 is 0 Å². The SMILES string of the molecule is CC(C)(C)c1ccc2nnc(C3CCN(Cc4cnn5c4COCC5)CC3)n2n1. The third-order valence-corrected chi connectivity index (χ3v) is 6.12. The zero-order valence-corrected chi connectivity index (χ0v) is 17.5. The number of aromatic nitrogens is 6. The van der Waals surface area contributed by atoms with Gasteiger partial charge in [0, 0.05) is 23.4 Å². The highest BCUT2D eigenvalue weighted by atomic mass is 16.5. The molecule has 3 aromatic heterocycles. The predicted octanol–water partition coefficient (Wildman–Crippen LogP) is 2.53. The van der Waals surface area contributed by atoms with Gasteiger partial charge in [0.15, 0.2) is 11.5 Å². The number of likely N-dealkylation sites (tertiary alicyclic amines) is 1. The topological polar surface area (TPSA) is 73.4 Å². The van der Waals surface area contributed by atoms with Crippen LogP contribution in [0.1, 0.15) is 62.3 Å². The first kappa shape index (κ1) is 18.7. The van der Waals surface area contributed by atoms with E-state index in [1.165, 1.54) is 11.3 Å². The molecule has 8 heteroatoms. The molecule has 29 heavy (non-hydrogen) atoms. The van der Waals surface area contributed by atoms with Gasteiger partial charge in [-0.15, -0.1) is 10.2 Å². The van der Waals surface area contributed by atoms with Gasteiger partial charge in [0.25, 0.3) is 0 Å². The molecule has 0 bridgehead atoms. The van der Waals surface area contributed by atoms with Gasteiger partial charge in [0.2, 0.25) is 0 Å². The van der Waals surface area contributed by atoms with Crippen molar-refractivity contribution in [1.29, 1.82) is 0 Å². The van der Waals surface area contributed by atoms with Crippen LogP contribution in [0.2, 0.25) is 0 Å². The summed E-state index contributed by atoms with van der Waals surface area (Å²) in [4.78, 5) is 2.51. The smallest absolute Gasteiger partial charge is 0.177 e. The Hall–Kier alpha value is -2.32. The Kier molecular flexibility index (Phi) is 4.63. The van der Waals surface area contributed by atoms with E-state index in [4.69, 9.17) is 9.84 Å². The molecule has 5 rings (SSSR count). The quantitative estimate of drug-likeness (QED) is 0.679. The van der Waals surface area contributed by atoms with E-state index in [0.717, 1.165) is 62.8 Å². The average molecular weight is 396 g/mol. The Bertz CT molecular complexity index is 1010. The summed E-state index contributed by atoms with van der Waals surface area (Å²) < 4.78 is 9.67. The van der Waals surface area contributed by atoms with Crippen LogP contribution in [-0.4, -0.2) is 54.2 Å². The lowest BCUT2D eigenvalue weighted by molar-refractivity contribution is 0.0784. The zero-order chi connectivity index (χ0) is 20.0. The number of fused-ring (bicyclic) bond motifs is 2. The van der Waals surface area contributed by atoms with E-state index in [1.807, 2.05) is 16.8 Å². The van der Waals surface area contributed by atoms with Crippen molar-refractivity contribution >= 4 is 5.65 Å². The maximum absolute atomic E-state index is 5.62. The van der Waals surface area contributed by atoms with E-state index < -0.39 is 0 Å².